The number of ether oxygens (including phenoxy) is 2. The maximum atomic E-state index is 15.9. The zero-order valence-electron chi connectivity index (χ0n) is 24.2. The molecule has 1 N–H and O–H groups in total. The van der Waals surface area contributed by atoms with Crippen LogP contribution in [0.15, 0.2) is 72.0 Å². The molecule has 43 heavy (non-hydrogen) atoms. The van der Waals surface area contributed by atoms with Crippen LogP contribution < -0.4 is 19.1 Å². The van der Waals surface area contributed by atoms with Gasteiger partial charge < -0.3 is 14.8 Å². The first-order valence-corrected chi connectivity index (χ1v) is 15.2. The molecule has 12 heteroatoms. The Kier molecular flexibility index (Phi) is 9.07. The van der Waals surface area contributed by atoms with E-state index in [9.17, 15) is 8.42 Å². The number of hydrogen-bond donors (Lipinski definition) is 1. The molecule has 0 aliphatic carbocycles. The van der Waals surface area contributed by atoms with E-state index in [0.29, 0.717) is 23.6 Å². The largest absolute Gasteiger partial charge is 0.497 e. The van der Waals surface area contributed by atoms with E-state index in [2.05, 4.69) is 20.2 Å². The lowest BCUT2D eigenvalue weighted by Gasteiger charge is -2.31. The minimum atomic E-state index is -4.80. The molecule has 3 aromatic carbocycles. The van der Waals surface area contributed by atoms with Gasteiger partial charge in [-0.3, -0.25) is 4.90 Å². The Morgan fingerprint density at radius 2 is 1.77 bits per heavy atom. The summed E-state index contributed by atoms with van der Waals surface area (Å²) in [6.07, 6.45) is 3.69. The van der Waals surface area contributed by atoms with Gasteiger partial charge in [0.05, 0.1) is 20.8 Å². The molecule has 0 atom stereocenters. The van der Waals surface area contributed by atoms with Crippen molar-refractivity contribution in [2.24, 2.45) is 0 Å². The molecule has 0 bridgehead atoms. The Morgan fingerprint density at radius 3 is 2.42 bits per heavy atom. The first kappa shape index (κ1) is 30.2. The maximum Gasteiger partial charge on any atom is 0.271 e. The van der Waals surface area contributed by atoms with Gasteiger partial charge in [0.15, 0.2) is 10.7 Å². The Balaban J connectivity index is 1.47. The summed E-state index contributed by atoms with van der Waals surface area (Å²) in [5.41, 5.74) is 2.69. The highest BCUT2D eigenvalue weighted by Crippen LogP contribution is 2.34. The molecule has 0 amide bonds. The number of aromatic nitrogens is 2. The van der Waals surface area contributed by atoms with E-state index in [0.717, 1.165) is 47.5 Å². The SMILES string of the molecule is COc1ccc(CN(c2ccncn2)S(=O)(=O)c2c(F)cc(NCc3ccccc3CN3CCC3)c(C)c2F)c(OC)c1. The molecule has 1 fully saturated rings. The van der Waals surface area contributed by atoms with E-state index < -0.39 is 26.6 Å². The van der Waals surface area contributed by atoms with Crippen LogP contribution in [-0.4, -0.2) is 50.6 Å². The number of halogens is 2. The second-order valence-corrected chi connectivity index (χ2v) is 12.0. The topological polar surface area (TPSA) is 96.9 Å². The van der Waals surface area contributed by atoms with E-state index in [1.54, 1.807) is 18.2 Å². The molecule has 0 saturated carbocycles. The first-order valence-electron chi connectivity index (χ1n) is 13.7. The monoisotopic (exact) mass is 609 g/mol. The molecule has 4 aromatic rings. The quantitative estimate of drug-likeness (QED) is 0.231. The van der Waals surface area contributed by atoms with Crippen LogP contribution in [0.3, 0.4) is 0 Å². The highest BCUT2D eigenvalue weighted by molar-refractivity contribution is 7.92. The molecule has 1 aromatic heterocycles. The van der Waals surface area contributed by atoms with Crippen LogP contribution in [0.2, 0.25) is 0 Å². The molecule has 0 spiro atoms. The standard InChI is InChI=1S/C31H33F2N5O4S/c1-21-27(35-17-22-7-4-5-8-23(22)18-37-13-6-14-37)16-26(32)31(30(21)33)43(39,40)38(29-11-12-34-20-36-29)19-24-9-10-25(41-2)15-28(24)42-3/h4-5,7-12,15-16,20,35H,6,13-14,17-19H2,1-3H3. The van der Waals surface area contributed by atoms with Gasteiger partial charge >= 0.3 is 0 Å². The molecule has 226 valence electrons. The summed E-state index contributed by atoms with van der Waals surface area (Å²) in [4.78, 5) is 9.17. The minimum absolute atomic E-state index is 0.0233. The fourth-order valence-electron chi connectivity index (χ4n) is 4.94. The Morgan fingerprint density at radius 1 is 1.00 bits per heavy atom. The van der Waals surface area contributed by atoms with Crippen LogP contribution in [0.1, 0.15) is 28.7 Å². The van der Waals surface area contributed by atoms with Gasteiger partial charge in [-0.2, -0.15) is 0 Å². The summed E-state index contributed by atoms with van der Waals surface area (Å²) in [6.45, 7) is 4.31. The predicted octanol–water partition coefficient (Wildman–Crippen LogP) is 5.29. The second-order valence-electron chi connectivity index (χ2n) is 10.2. The van der Waals surface area contributed by atoms with Crippen molar-refractivity contribution in [3.05, 3.63) is 101 Å². The number of hydrogen-bond acceptors (Lipinski definition) is 8. The Bertz CT molecular complexity index is 1700. The average Bonchev–Trinajstić information content (AvgIpc) is 2.99. The highest BCUT2D eigenvalue weighted by Gasteiger charge is 2.34. The van der Waals surface area contributed by atoms with Crippen molar-refractivity contribution in [2.45, 2.75) is 37.9 Å². The maximum absolute atomic E-state index is 15.9. The molecule has 1 saturated heterocycles. The average molecular weight is 610 g/mol. The summed E-state index contributed by atoms with van der Waals surface area (Å²) < 4.78 is 71.2. The van der Waals surface area contributed by atoms with E-state index in [1.807, 2.05) is 24.3 Å². The van der Waals surface area contributed by atoms with Crippen molar-refractivity contribution in [3.63, 3.8) is 0 Å². The predicted molar refractivity (Wildman–Crippen MR) is 160 cm³/mol. The number of nitrogens with one attached hydrogen (secondary N) is 1. The molecule has 5 rings (SSSR count). The summed E-state index contributed by atoms with van der Waals surface area (Å²) in [6, 6.07) is 15.1. The van der Waals surface area contributed by atoms with Crippen molar-refractivity contribution in [2.75, 3.05) is 36.9 Å². The summed E-state index contributed by atoms with van der Waals surface area (Å²) in [5, 5.41) is 3.11. The number of rotatable bonds is 12. The molecular weight excluding hydrogens is 576 g/mol. The summed E-state index contributed by atoms with van der Waals surface area (Å²) >= 11 is 0. The van der Waals surface area contributed by atoms with E-state index >= 15 is 8.78 Å². The zero-order valence-corrected chi connectivity index (χ0v) is 25.0. The van der Waals surface area contributed by atoms with Crippen LogP contribution in [0.4, 0.5) is 20.3 Å². The van der Waals surface area contributed by atoms with Crippen molar-refractivity contribution in [3.8, 4) is 11.5 Å². The molecule has 0 unspecified atom stereocenters. The fraction of sp³-hybridized carbons (Fsp3) is 0.290. The van der Waals surface area contributed by atoms with Gasteiger partial charge in [-0.1, -0.05) is 24.3 Å². The van der Waals surface area contributed by atoms with Gasteiger partial charge in [-0.15, -0.1) is 0 Å². The van der Waals surface area contributed by atoms with Crippen LogP contribution >= 0.6 is 0 Å². The first-order chi connectivity index (χ1) is 20.7. The van der Waals surface area contributed by atoms with Gasteiger partial charge in [0.2, 0.25) is 0 Å². The third-order valence-corrected chi connectivity index (χ3v) is 9.32. The number of anilines is 2. The zero-order chi connectivity index (χ0) is 30.6. The number of methoxy groups -OCH3 is 2. The molecule has 2 heterocycles. The molecule has 1 aliphatic rings. The summed E-state index contributed by atoms with van der Waals surface area (Å²) in [5.74, 6) is -1.64. The van der Waals surface area contributed by atoms with Crippen molar-refractivity contribution < 1.29 is 26.7 Å². The van der Waals surface area contributed by atoms with Crippen LogP contribution in [0.25, 0.3) is 0 Å². The van der Waals surface area contributed by atoms with E-state index in [-0.39, 0.29) is 23.6 Å². The van der Waals surface area contributed by atoms with Crippen molar-refractivity contribution in [1.82, 2.24) is 14.9 Å². The number of nitrogens with zero attached hydrogens (tertiary/aromatic N) is 4. The molecular formula is C31H33F2N5O4S. The number of sulfonamides is 1. The summed E-state index contributed by atoms with van der Waals surface area (Å²) in [7, 11) is -1.88. The highest BCUT2D eigenvalue weighted by atomic mass is 32.2. The van der Waals surface area contributed by atoms with Gasteiger partial charge in [0, 0.05) is 48.2 Å². The normalized spacial score (nSPS) is 13.3. The molecule has 1 aliphatic heterocycles. The smallest absolute Gasteiger partial charge is 0.271 e. The Hall–Kier alpha value is -4.29. The molecule has 0 radical (unpaired) electrons. The van der Waals surface area contributed by atoms with Crippen LogP contribution in [0.5, 0.6) is 11.5 Å². The fourth-order valence-corrected chi connectivity index (χ4v) is 6.51. The van der Waals surface area contributed by atoms with Gasteiger partial charge in [-0.05, 0) is 55.8 Å². The van der Waals surface area contributed by atoms with Gasteiger partial charge in [0.25, 0.3) is 10.0 Å². The van der Waals surface area contributed by atoms with Crippen LogP contribution in [0, 0.1) is 18.6 Å². The van der Waals surface area contributed by atoms with E-state index in [1.165, 1.54) is 39.8 Å². The lowest BCUT2D eigenvalue weighted by atomic mass is 10.0. The van der Waals surface area contributed by atoms with Crippen LogP contribution in [-0.2, 0) is 29.7 Å². The third-order valence-electron chi connectivity index (χ3n) is 7.53. The van der Waals surface area contributed by atoms with E-state index in [4.69, 9.17) is 9.47 Å². The molecule has 9 nitrogen and oxygen atoms in total. The number of likely N-dealkylation sites (tertiary alicyclic amines) is 1. The lowest BCUT2D eigenvalue weighted by molar-refractivity contribution is 0.172. The van der Waals surface area contributed by atoms with Crippen molar-refractivity contribution in [1.29, 1.82) is 0 Å². The number of benzene rings is 3. The second kappa shape index (κ2) is 12.9. The Labute approximate surface area is 250 Å². The third kappa shape index (κ3) is 6.40. The lowest BCUT2D eigenvalue weighted by Crippen LogP contribution is -2.36. The van der Waals surface area contributed by atoms with Gasteiger partial charge in [-0.25, -0.2) is 31.5 Å². The van der Waals surface area contributed by atoms with Crippen molar-refractivity contribution >= 4 is 21.5 Å². The van der Waals surface area contributed by atoms with Gasteiger partial charge in [0.1, 0.15) is 29.5 Å². The minimum Gasteiger partial charge on any atom is -0.497 e.